The molecule has 0 saturated heterocycles. The van der Waals surface area contributed by atoms with Crippen molar-refractivity contribution in [3.63, 3.8) is 0 Å². The van der Waals surface area contributed by atoms with E-state index in [9.17, 15) is 8.42 Å². The van der Waals surface area contributed by atoms with E-state index in [0.717, 1.165) is 15.2 Å². The molecule has 138 valence electrons. The molecular formula is C18H20N2O4S2. The molecular weight excluding hydrogens is 372 g/mol. The molecule has 6 nitrogen and oxygen atoms in total. The summed E-state index contributed by atoms with van der Waals surface area (Å²) in [6, 6.07) is 11.9. The number of hydrogen-bond acceptors (Lipinski definition) is 6. The van der Waals surface area contributed by atoms with Crippen molar-refractivity contribution >= 4 is 31.6 Å². The maximum absolute atomic E-state index is 13.0. The number of fused-ring (bicyclic) bond motifs is 1. The second kappa shape index (κ2) is 7.22. The Hall–Kier alpha value is -2.16. The Morgan fingerprint density at radius 1 is 1.08 bits per heavy atom. The van der Waals surface area contributed by atoms with E-state index >= 15 is 0 Å². The highest BCUT2D eigenvalue weighted by molar-refractivity contribution is 7.89. The molecule has 2 aromatic carbocycles. The summed E-state index contributed by atoms with van der Waals surface area (Å²) in [5.41, 5.74) is 0.872. The third-order valence-corrected chi connectivity index (χ3v) is 7.38. The van der Waals surface area contributed by atoms with Gasteiger partial charge in [-0.3, -0.25) is 0 Å². The van der Waals surface area contributed by atoms with Gasteiger partial charge in [-0.25, -0.2) is 13.4 Å². The van der Waals surface area contributed by atoms with Crippen LogP contribution in [-0.2, 0) is 10.0 Å². The predicted molar refractivity (Wildman–Crippen MR) is 103 cm³/mol. The van der Waals surface area contributed by atoms with E-state index in [0.29, 0.717) is 11.5 Å². The smallest absolute Gasteiger partial charge is 0.243 e. The second-order valence-electron chi connectivity index (χ2n) is 5.73. The van der Waals surface area contributed by atoms with Crippen molar-refractivity contribution in [3.8, 4) is 11.5 Å². The Bertz CT molecular complexity index is 998. The minimum atomic E-state index is -3.72. The van der Waals surface area contributed by atoms with Gasteiger partial charge in [0.05, 0.1) is 35.4 Å². The van der Waals surface area contributed by atoms with Crippen molar-refractivity contribution in [2.45, 2.75) is 17.9 Å². The number of para-hydroxylation sites is 1. The van der Waals surface area contributed by atoms with Crippen LogP contribution in [-0.4, -0.2) is 39.0 Å². The number of nitrogens with zero attached hydrogens (tertiary/aromatic N) is 2. The summed E-state index contributed by atoms with van der Waals surface area (Å²) in [5.74, 6) is 0.850. The highest BCUT2D eigenvalue weighted by Gasteiger charge is 2.29. The summed E-state index contributed by atoms with van der Waals surface area (Å²) in [5, 5.41) is 0.748. The second-order valence-corrected chi connectivity index (χ2v) is 8.79. The van der Waals surface area contributed by atoms with Gasteiger partial charge >= 0.3 is 0 Å². The van der Waals surface area contributed by atoms with Gasteiger partial charge in [0.15, 0.2) is 11.5 Å². The number of aromatic nitrogens is 1. The molecule has 0 bridgehead atoms. The van der Waals surface area contributed by atoms with Crippen molar-refractivity contribution < 1.29 is 17.9 Å². The van der Waals surface area contributed by atoms with Crippen LogP contribution < -0.4 is 9.47 Å². The average Bonchev–Trinajstić information content (AvgIpc) is 3.10. The van der Waals surface area contributed by atoms with Crippen LogP contribution in [0.4, 0.5) is 0 Å². The highest BCUT2D eigenvalue weighted by atomic mass is 32.2. The molecule has 0 fully saturated rings. The Morgan fingerprint density at radius 3 is 2.42 bits per heavy atom. The van der Waals surface area contributed by atoms with E-state index in [2.05, 4.69) is 4.98 Å². The largest absolute Gasteiger partial charge is 0.493 e. The van der Waals surface area contributed by atoms with Crippen molar-refractivity contribution in [3.05, 3.63) is 47.5 Å². The molecule has 3 rings (SSSR count). The van der Waals surface area contributed by atoms with Crippen LogP contribution in [0.25, 0.3) is 10.2 Å². The zero-order valence-electron chi connectivity index (χ0n) is 15.0. The van der Waals surface area contributed by atoms with Crippen molar-refractivity contribution in [1.29, 1.82) is 0 Å². The molecule has 0 aliphatic rings. The van der Waals surface area contributed by atoms with Gasteiger partial charge in [0.25, 0.3) is 0 Å². The summed E-state index contributed by atoms with van der Waals surface area (Å²) in [4.78, 5) is 4.71. The summed E-state index contributed by atoms with van der Waals surface area (Å²) in [6.07, 6.45) is 0. The number of benzene rings is 2. The average molecular weight is 393 g/mol. The number of ether oxygens (including phenoxy) is 2. The van der Waals surface area contributed by atoms with Gasteiger partial charge in [-0.1, -0.05) is 12.1 Å². The fraction of sp³-hybridized carbons (Fsp3) is 0.278. The van der Waals surface area contributed by atoms with Crippen molar-refractivity contribution in [1.82, 2.24) is 9.29 Å². The minimum absolute atomic E-state index is 0.144. The van der Waals surface area contributed by atoms with Crippen LogP contribution in [0.1, 0.15) is 18.0 Å². The lowest BCUT2D eigenvalue weighted by Crippen LogP contribution is -2.29. The number of thiazole rings is 1. The Kier molecular flexibility index (Phi) is 5.17. The van der Waals surface area contributed by atoms with Crippen LogP contribution in [0, 0.1) is 0 Å². The third kappa shape index (κ3) is 3.27. The standard InChI is InChI=1S/C18H20N2O4S2/c1-12(18-19-14-7-5-6-8-17(14)25-18)20(2)26(21,22)13-9-10-15(23-3)16(11-13)24-4/h5-12H,1-4H3/t12-/m0/s1. The van der Waals surface area contributed by atoms with Gasteiger partial charge in [-0.2, -0.15) is 4.31 Å². The van der Waals surface area contributed by atoms with E-state index in [4.69, 9.17) is 9.47 Å². The van der Waals surface area contributed by atoms with Gasteiger partial charge in [0.2, 0.25) is 10.0 Å². The van der Waals surface area contributed by atoms with Crippen LogP contribution in [0.2, 0.25) is 0 Å². The minimum Gasteiger partial charge on any atom is -0.493 e. The first-order valence-corrected chi connectivity index (χ1v) is 10.2. The first-order chi connectivity index (χ1) is 12.4. The van der Waals surface area contributed by atoms with Gasteiger partial charge in [0.1, 0.15) is 5.01 Å². The summed E-state index contributed by atoms with van der Waals surface area (Å²) < 4.78 is 38.8. The lowest BCUT2D eigenvalue weighted by molar-refractivity contribution is 0.353. The zero-order valence-corrected chi connectivity index (χ0v) is 16.6. The lowest BCUT2D eigenvalue weighted by Gasteiger charge is -2.23. The molecule has 0 radical (unpaired) electrons. The number of hydrogen-bond donors (Lipinski definition) is 0. The molecule has 0 saturated carbocycles. The quantitative estimate of drug-likeness (QED) is 0.640. The number of rotatable bonds is 6. The molecule has 0 aliphatic carbocycles. The Morgan fingerprint density at radius 2 is 1.77 bits per heavy atom. The molecule has 26 heavy (non-hydrogen) atoms. The molecule has 0 aliphatic heterocycles. The van der Waals surface area contributed by atoms with E-state index in [1.165, 1.54) is 42.0 Å². The van der Waals surface area contributed by atoms with Crippen LogP contribution in [0.15, 0.2) is 47.4 Å². The monoisotopic (exact) mass is 392 g/mol. The molecule has 3 aromatic rings. The van der Waals surface area contributed by atoms with E-state index in [-0.39, 0.29) is 4.90 Å². The topological polar surface area (TPSA) is 68.7 Å². The molecule has 1 heterocycles. The Balaban J connectivity index is 1.95. The highest BCUT2D eigenvalue weighted by Crippen LogP contribution is 2.34. The van der Waals surface area contributed by atoms with E-state index in [1.54, 1.807) is 13.1 Å². The maximum Gasteiger partial charge on any atom is 0.243 e. The molecule has 0 N–H and O–H groups in total. The molecule has 1 aromatic heterocycles. The zero-order chi connectivity index (χ0) is 18.9. The van der Waals surface area contributed by atoms with Gasteiger partial charge in [-0.05, 0) is 31.2 Å². The molecule has 1 atom stereocenters. The summed E-state index contributed by atoms with van der Waals surface area (Å²) in [7, 11) is 0.823. The number of sulfonamides is 1. The van der Waals surface area contributed by atoms with Crippen molar-refractivity contribution in [2.75, 3.05) is 21.3 Å². The Labute approximate surface area is 157 Å². The molecule has 8 heteroatoms. The first-order valence-electron chi connectivity index (χ1n) is 7.94. The fourth-order valence-electron chi connectivity index (χ4n) is 2.58. The lowest BCUT2D eigenvalue weighted by atomic mass is 10.3. The molecule has 0 unspecified atom stereocenters. The summed E-state index contributed by atoms with van der Waals surface area (Å²) >= 11 is 1.50. The molecule has 0 amide bonds. The predicted octanol–water partition coefficient (Wildman–Crippen LogP) is 3.70. The van der Waals surface area contributed by atoms with Crippen LogP contribution >= 0.6 is 11.3 Å². The third-order valence-electron chi connectivity index (χ3n) is 4.25. The fourth-order valence-corrected chi connectivity index (χ4v) is 5.05. The van der Waals surface area contributed by atoms with Gasteiger partial charge in [0, 0.05) is 13.1 Å². The SMILES string of the molecule is COc1ccc(S(=O)(=O)N(C)[C@@H](C)c2nc3ccccc3s2)cc1OC. The first kappa shape index (κ1) is 18.6. The van der Waals surface area contributed by atoms with E-state index < -0.39 is 16.1 Å². The van der Waals surface area contributed by atoms with Crippen LogP contribution in [0.3, 0.4) is 0 Å². The van der Waals surface area contributed by atoms with Crippen LogP contribution in [0.5, 0.6) is 11.5 Å². The molecule has 0 spiro atoms. The normalized spacial score (nSPS) is 13.1. The van der Waals surface area contributed by atoms with Gasteiger partial charge in [-0.15, -0.1) is 11.3 Å². The number of methoxy groups -OCH3 is 2. The van der Waals surface area contributed by atoms with Gasteiger partial charge < -0.3 is 9.47 Å². The van der Waals surface area contributed by atoms with Crippen molar-refractivity contribution in [2.24, 2.45) is 0 Å². The maximum atomic E-state index is 13.0. The summed E-state index contributed by atoms with van der Waals surface area (Å²) in [6.45, 7) is 1.83. The van der Waals surface area contributed by atoms with E-state index in [1.807, 2.05) is 31.2 Å².